The van der Waals surface area contributed by atoms with Gasteiger partial charge < -0.3 is 4.74 Å². The SMILES string of the molecule is O=Cc1cccc(Cl)c1OCCCl. The predicted octanol–water partition coefficient (Wildman–Crippen LogP) is 2.77. The van der Waals surface area contributed by atoms with Crippen molar-refractivity contribution in [3.8, 4) is 5.75 Å². The van der Waals surface area contributed by atoms with Gasteiger partial charge in [-0.25, -0.2) is 0 Å². The van der Waals surface area contributed by atoms with E-state index >= 15 is 0 Å². The molecule has 0 amide bonds. The zero-order chi connectivity index (χ0) is 9.68. The van der Waals surface area contributed by atoms with E-state index in [0.29, 0.717) is 35.1 Å². The van der Waals surface area contributed by atoms with Gasteiger partial charge in [-0.2, -0.15) is 0 Å². The highest BCUT2D eigenvalue weighted by Gasteiger charge is 2.06. The number of aldehydes is 1. The van der Waals surface area contributed by atoms with Crippen LogP contribution in [0.5, 0.6) is 5.75 Å². The number of benzene rings is 1. The van der Waals surface area contributed by atoms with Crippen LogP contribution in [0.15, 0.2) is 18.2 Å². The smallest absolute Gasteiger partial charge is 0.153 e. The monoisotopic (exact) mass is 218 g/mol. The minimum Gasteiger partial charge on any atom is -0.490 e. The Labute approximate surface area is 86.4 Å². The zero-order valence-electron chi connectivity index (χ0n) is 6.80. The fourth-order valence-electron chi connectivity index (χ4n) is 0.911. The third-order valence-electron chi connectivity index (χ3n) is 1.45. The molecule has 0 fully saturated rings. The molecule has 0 saturated heterocycles. The first-order chi connectivity index (χ1) is 6.29. The highest BCUT2D eigenvalue weighted by molar-refractivity contribution is 6.32. The number of hydrogen-bond donors (Lipinski definition) is 0. The lowest BCUT2D eigenvalue weighted by Gasteiger charge is -2.07. The summed E-state index contributed by atoms with van der Waals surface area (Å²) in [6.07, 6.45) is 0.704. The minimum absolute atomic E-state index is 0.339. The quantitative estimate of drug-likeness (QED) is 0.574. The molecule has 13 heavy (non-hydrogen) atoms. The molecule has 4 heteroatoms. The first-order valence-corrected chi connectivity index (χ1v) is 4.63. The summed E-state index contributed by atoms with van der Waals surface area (Å²) in [5.74, 6) is 0.767. The number of ether oxygens (including phenoxy) is 1. The summed E-state index contributed by atoms with van der Waals surface area (Å²) in [5.41, 5.74) is 0.442. The second-order valence-corrected chi connectivity index (χ2v) is 3.10. The van der Waals surface area contributed by atoms with E-state index in [1.807, 2.05) is 0 Å². The molecule has 0 radical (unpaired) electrons. The normalized spacial score (nSPS) is 9.69. The van der Waals surface area contributed by atoms with Gasteiger partial charge in [-0.1, -0.05) is 17.7 Å². The maximum atomic E-state index is 10.6. The van der Waals surface area contributed by atoms with Crippen molar-refractivity contribution in [1.82, 2.24) is 0 Å². The van der Waals surface area contributed by atoms with Crippen LogP contribution >= 0.6 is 23.2 Å². The van der Waals surface area contributed by atoms with E-state index in [1.165, 1.54) is 0 Å². The van der Waals surface area contributed by atoms with Gasteiger partial charge in [-0.05, 0) is 12.1 Å². The number of carbonyl (C=O) groups is 1. The third-order valence-corrected chi connectivity index (χ3v) is 1.90. The van der Waals surface area contributed by atoms with Crippen LogP contribution in [0.3, 0.4) is 0 Å². The number of para-hydroxylation sites is 1. The van der Waals surface area contributed by atoms with Crippen LogP contribution in [0.4, 0.5) is 0 Å². The van der Waals surface area contributed by atoms with Gasteiger partial charge in [0, 0.05) is 0 Å². The molecule has 1 aromatic carbocycles. The van der Waals surface area contributed by atoms with Crippen LogP contribution in [0.25, 0.3) is 0 Å². The number of alkyl halides is 1. The van der Waals surface area contributed by atoms with Gasteiger partial charge in [0.1, 0.15) is 12.4 Å². The van der Waals surface area contributed by atoms with Crippen molar-refractivity contribution in [2.24, 2.45) is 0 Å². The van der Waals surface area contributed by atoms with Crippen molar-refractivity contribution in [2.45, 2.75) is 0 Å². The fraction of sp³-hybridized carbons (Fsp3) is 0.222. The molecule has 0 aliphatic heterocycles. The molecule has 70 valence electrons. The molecule has 0 aliphatic rings. The first kappa shape index (κ1) is 10.4. The molecule has 0 aliphatic carbocycles. The van der Waals surface area contributed by atoms with Gasteiger partial charge in [0.2, 0.25) is 0 Å². The summed E-state index contributed by atoms with van der Waals surface area (Å²) in [6, 6.07) is 5.00. The number of rotatable bonds is 4. The van der Waals surface area contributed by atoms with Crippen LogP contribution in [0.1, 0.15) is 10.4 Å². The van der Waals surface area contributed by atoms with E-state index in [9.17, 15) is 4.79 Å². The van der Waals surface area contributed by atoms with Gasteiger partial charge in [0.25, 0.3) is 0 Å². The Morgan fingerprint density at radius 2 is 2.23 bits per heavy atom. The average molecular weight is 219 g/mol. The molecule has 0 aromatic heterocycles. The summed E-state index contributed by atoms with van der Waals surface area (Å²) >= 11 is 11.3. The van der Waals surface area contributed by atoms with E-state index in [-0.39, 0.29) is 0 Å². The molecular weight excluding hydrogens is 211 g/mol. The largest absolute Gasteiger partial charge is 0.490 e. The van der Waals surface area contributed by atoms with Crippen molar-refractivity contribution >= 4 is 29.5 Å². The molecule has 0 atom stereocenters. The maximum absolute atomic E-state index is 10.6. The highest BCUT2D eigenvalue weighted by atomic mass is 35.5. The topological polar surface area (TPSA) is 26.3 Å². The van der Waals surface area contributed by atoms with Crippen molar-refractivity contribution in [3.63, 3.8) is 0 Å². The molecule has 2 nitrogen and oxygen atoms in total. The predicted molar refractivity (Wildman–Crippen MR) is 53.1 cm³/mol. The summed E-state index contributed by atoms with van der Waals surface area (Å²) < 4.78 is 5.21. The van der Waals surface area contributed by atoms with E-state index in [1.54, 1.807) is 18.2 Å². The van der Waals surface area contributed by atoms with Gasteiger partial charge in [-0.15, -0.1) is 11.6 Å². The molecule has 0 unspecified atom stereocenters. The Hall–Kier alpha value is -0.730. The van der Waals surface area contributed by atoms with Crippen molar-refractivity contribution in [3.05, 3.63) is 28.8 Å². The van der Waals surface area contributed by atoms with Crippen LogP contribution in [-0.4, -0.2) is 18.8 Å². The lowest BCUT2D eigenvalue weighted by atomic mass is 10.2. The summed E-state index contributed by atoms with van der Waals surface area (Å²) in [7, 11) is 0. The third kappa shape index (κ3) is 2.61. The summed E-state index contributed by atoms with van der Waals surface area (Å²) in [4.78, 5) is 10.6. The average Bonchev–Trinajstić information content (AvgIpc) is 2.15. The molecular formula is C9H8Cl2O2. The molecule has 0 saturated carbocycles. The lowest BCUT2D eigenvalue weighted by Crippen LogP contribution is -2.01. The Morgan fingerprint density at radius 1 is 1.46 bits per heavy atom. The van der Waals surface area contributed by atoms with Crippen LogP contribution in [0.2, 0.25) is 5.02 Å². The van der Waals surface area contributed by atoms with Gasteiger partial charge in [0.15, 0.2) is 6.29 Å². The second-order valence-electron chi connectivity index (χ2n) is 2.31. The molecule has 0 bridgehead atoms. The van der Waals surface area contributed by atoms with E-state index in [0.717, 1.165) is 0 Å². The molecule has 1 rings (SSSR count). The lowest BCUT2D eigenvalue weighted by molar-refractivity contribution is 0.112. The zero-order valence-corrected chi connectivity index (χ0v) is 8.31. The second kappa shape index (κ2) is 5.10. The molecule has 0 spiro atoms. The number of hydrogen-bond acceptors (Lipinski definition) is 2. The van der Waals surface area contributed by atoms with Crippen molar-refractivity contribution < 1.29 is 9.53 Å². The minimum atomic E-state index is 0.339. The van der Waals surface area contributed by atoms with E-state index in [4.69, 9.17) is 27.9 Å². The molecule has 0 heterocycles. The Bertz CT molecular complexity index is 300. The van der Waals surface area contributed by atoms with Crippen molar-refractivity contribution in [2.75, 3.05) is 12.5 Å². The Morgan fingerprint density at radius 3 is 2.85 bits per heavy atom. The standard InChI is InChI=1S/C9H8Cl2O2/c10-4-5-13-9-7(6-12)2-1-3-8(9)11/h1-3,6H,4-5H2. The van der Waals surface area contributed by atoms with Crippen LogP contribution in [-0.2, 0) is 0 Å². The summed E-state index contributed by atoms with van der Waals surface area (Å²) in [5, 5.41) is 0.426. The van der Waals surface area contributed by atoms with E-state index < -0.39 is 0 Å². The Balaban J connectivity index is 2.93. The molecule has 0 N–H and O–H groups in total. The van der Waals surface area contributed by atoms with Crippen LogP contribution < -0.4 is 4.74 Å². The van der Waals surface area contributed by atoms with Gasteiger partial charge in [0.05, 0.1) is 16.5 Å². The number of carbonyl (C=O) groups excluding carboxylic acids is 1. The number of halogens is 2. The van der Waals surface area contributed by atoms with E-state index in [2.05, 4.69) is 0 Å². The Kier molecular flexibility index (Phi) is 4.06. The molecule has 1 aromatic rings. The summed E-state index contributed by atoms with van der Waals surface area (Å²) in [6.45, 7) is 0.339. The van der Waals surface area contributed by atoms with Gasteiger partial charge >= 0.3 is 0 Å². The maximum Gasteiger partial charge on any atom is 0.153 e. The first-order valence-electron chi connectivity index (χ1n) is 3.72. The highest BCUT2D eigenvalue weighted by Crippen LogP contribution is 2.27. The van der Waals surface area contributed by atoms with Crippen LogP contribution in [0, 0.1) is 0 Å². The fourth-order valence-corrected chi connectivity index (χ4v) is 1.22. The van der Waals surface area contributed by atoms with Gasteiger partial charge in [-0.3, -0.25) is 4.79 Å². The van der Waals surface area contributed by atoms with Crippen molar-refractivity contribution in [1.29, 1.82) is 0 Å².